The Morgan fingerprint density at radius 2 is 2.40 bits per heavy atom. The zero-order valence-corrected chi connectivity index (χ0v) is 9.06. The van der Waals surface area contributed by atoms with Gasteiger partial charge in [-0.15, -0.1) is 0 Å². The van der Waals surface area contributed by atoms with Crippen LogP contribution in [-0.4, -0.2) is 34.3 Å². The molecule has 0 spiro atoms. The Labute approximate surface area is 90.0 Å². The highest BCUT2D eigenvalue weighted by Gasteiger charge is 2.18. The van der Waals surface area contributed by atoms with Crippen LogP contribution in [0.25, 0.3) is 0 Å². The summed E-state index contributed by atoms with van der Waals surface area (Å²) >= 11 is 0. The molecule has 4 heteroatoms. The number of hydrogen-bond acceptors (Lipinski definition) is 4. The number of aliphatic hydroxyl groups is 1. The average Bonchev–Trinajstić information content (AvgIpc) is 2.29. The van der Waals surface area contributed by atoms with E-state index in [1.54, 1.807) is 6.33 Å². The van der Waals surface area contributed by atoms with Crippen LogP contribution in [0.4, 0.5) is 5.82 Å². The largest absolute Gasteiger partial charge is 0.391 e. The van der Waals surface area contributed by atoms with Crippen LogP contribution in [0.3, 0.4) is 0 Å². The van der Waals surface area contributed by atoms with Crippen molar-refractivity contribution in [1.82, 2.24) is 9.97 Å². The number of anilines is 1. The van der Waals surface area contributed by atoms with Crippen LogP contribution in [0.15, 0.2) is 12.4 Å². The summed E-state index contributed by atoms with van der Waals surface area (Å²) in [5.74, 6) is 0.945. The molecule has 15 heavy (non-hydrogen) atoms. The minimum absolute atomic E-state index is 0.209. The summed E-state index contributed by atoms with van der Waals surface area (Å²) in [5.41, 5.74) is 1.06. The quantitative estimate of drug-likeness (QED) is 0.786. The summed E-state index contributed by atoms with van der Waals surface area (Å²) in [4.78, 5) is 10.6. The van der Waals surface area contributed by atoms with E-state index in [0.29, 0.717) is 6.54 Å². The normalized spacial score (nSPS) is 21.7. The Balaban J connectivity index is 2.13. The third kappa shape index (κ3) is 2.45. The highest BCUT2D eigenvalue weighted by atomic mass is 16.3. The Morgan fingerprint density at radius 3 is 3.13 bits per heavy atom. The molecule has 0 amide bonds. The Bertz CT molecular complexity index is 329. The maximum atomic E-state index is 9.58. The van der Waals surface area contributed by atoms with Gasteiger partial charge < -0.3 is 10.0 Å². The molecule has 0 aromatic carbocycles. The molecule has 82 valence electrons. The number of nitrogens with zero attached hydrogens (tertiary/aromatic N) is 3. The van der Waals surface area contributed by atoms with Gasteiger partial charge in [-0.05, 0) is 19.3 Å². The van der Waals surface area contributed by atoms with Gasteiger partial charge in [-0.3, -0.25) is 0 Å². The molecule has 4 nitrogen and oxygen atoms in total. The van der Waals surface area contributed by atoms with E-state index in [9.17, 15) is 5.11 Å². The Hall–Kier alpha value is -1.16. The van der Waals surface area contributed by atoms with Crippen molar-refractivity contribution in [3.63, 3.8) is 0 Å². The van der Waals surface area contributed by atoms with Gasteiger partial charge in [0.15, 0.2) is 0 Å². The lowest BCUT2D eigenvalue weighted by Crippen LogP contribution is -2.38. The molecule has 0 radical (unpaired) electrons. The minimum Gasteiger partial charge on any atom is -0.391 e. The summed E-state index contributed by atoms with van der Waals surface area (Å²) in [7, 11) is 0. The standard InChI is InChI=1S/C11H17N3O/c1-2-9-6-11(13-8-12-9)14-5-3-4-10(15)7-14/h6,8,10,15H,2-5,7H2,1H3. The Morgan fingerprint density at radius 1 is 1.53 bits per heavy atom. The van der Waals surface area contributed by atoms with E-state index in [1.165, 1.54) is 0 Å². The predicted molar refractivity (Wildman–Crippen MR) is 58.9 cm³/mol. The molecule has 1 fully saturated rings. The minimum atomic E-state index is -0.209. The zero-order chi connectivity index (χ0) is 10.7. The predicted octanol–water partition coefficient (Wildman–Crippen LogP) is 1.00. The smallest absolute Gasteiger partial charge is 0.132 e. The highest BCUT2D eigenvalue weighted by Crippen LogP contribution is 2.17. The van der Waals surface area contributed by atoms with E-state index in [2.05, 4.69) is 21.8 Å². The fraction of sp³-hybridized carbons (Fsp3) is 0.636. The second-order valence-corrected chi connectivity index (χ2v) is 3.96. The van der Waals surface area contributed by atoms with Crippen LogP contribution in [-0.2, 0) is 6.42 Å². The lowest BCUT2D eigenvalue weighted by molar-refractivity contribution is 0.154. The number of rotatable bonds is 2. The highest BCUT2D eigenvalue weighted by molar-refractivity contribution is 5.39. The van der Waals surface area contributed by atoms with Crippen LogP contribution in [0.5, 0.6) is 0 Å². The van der Waals surface area contributed by atoms with Gasteiger partial charge in [0.25, 0.3) is 0 Å². The fourth-order valence-corrected chi connectivity index (χ4v) is 1.91. The van der Waals surface area contributed by atoms with Gasteiger partial charge in [0.2, 0.25) is 0 Å². The summed E-state index contributed by atoms with van der Waals surface area (Å²) in [6.07, 6.45) is 4.26. The van der Waals surface area contributed by atoms with Gasteiger partial charge in [-0.25, -0.2) is 9.97 Å². The number of β-amino-alcohol motifs (C(OH)–C–C–N with tert-alkyl or cyclic N) is 1. The van der Waals surface area contributed by atoms with Gasteiger partial charge in [0.1, 0.15) is 12.1 Å². The topological polar surface area (TPSA) is 49.2 Å². The average molecular weight is 207 g/mol. The first-order valence-electron chi connectivity index (χ1n) is 5.53. The molecular formula is C11H17N3O. The molecule has 1 aromatic rings. The number of aryl methyl sites for hydroxylation is 1. The molecule has 1 saturated heterocycles. The van der Waals surface area contributed by atoms with Crippen molar-refractivity contribution in [3.8, 4) is 0 Å². The number of piperidine rings is 1. The van der Waals surface area contributed by atoms with Crippen molar-refractivity contribution >= 4 is 5.82 Å². The summed E-state index contributed by atoms with van der Waals surface area (Å²) < 4.78 is 0. The molecular weight excluding hydrogens is 190 g/mol. The van der Waals surface area contributed by atoms with E-state index in [4.69, 9.17) is 0 Å². The maximum absolute atomic E-state index is 9.58. The molecule has 1 aliphatic heterocycles. The van der Waals surface area contributed by atoms with Crippen molar-refractivity contribution in [1.29, 1.82) is 0 Å². The van der Waals surface area contributed by atoms with Crippen molar-refractivity contribution in [2.75, 3.05) is 18.0 Å². The maximum Gasteiger partial charge on any atom is 0.132 e. The molecule has 2 rings (SSSR count). The van der Waals surface area contributed by atoms with Crippen LogP contribution in [0, 0.1) is 0 Å². The van der Waals surface area contributed by atoms with E-state index >= 15 is 0 Å². The van der Waals surface area contributed by atoms with Crippen LogP contribution >= 0.6 is 0 Å². The van der Waals surface area contributed by atoms with E-state index in [0.717, 1.165) is 37.3 Å². The Kier molecular flexibility index (Phi) is 3.16. The van der Waals surface area contributed by atoms with E-state index in [1.807, 2.05) is 6.07 Å². The van der Waals surface area contributed by atoms with Crippen molar-refractivity contribution in [2.24, 2.45) is 0 Å². The van der Waals surface area contributed by atoms with Crippen LogP contribution < -0.4 is 4.90 Å². The van der Waals surface area contributed by atoms with E-state index < -0.39 is 0 Å². The van der Waals surface area contributed by atoms with Gasteiger partial charge in [0.05, 0.1) is 6.10 Å². The number of hydrogen-bond donors (Lipinski definition) is 1. The van der Waals surface area contributed by atoms with Gasteiger partial charge in [0, 0.05) is 24.8 Å². The second-order valence-electron chi connectivity index (χ2n) is 3.96. The molecule has 1 N–H and O–H groups in total. The molecule has 0 saturated carbocycles. The molecule has 1 aromatic heterocycles. The first-order valence-corrected chi connectivity index (χ1v) is 5.53. The molecule has 0 bridgehead atoms. The van der Waals surface area contributed by atoms with Gasteiger partial charge >= 0.3 is 0 Å². The van der Waals surface area contributed by atoms with Crippen molar-refractivity contribution in [3.05, 3.63) is 18.1 Å². The third-order valence-corrected chi connectivity index (χ3v) is 2.79. The van der Waals surface area contributed by atoms with Crippen molar-refractivity contribution < 1.29 is 5.11 Å². The monoisotopic (exact) mass is 207 g/mol. The summed E-state index contributed by atoms with van der Waals surface area (Å²) in [6.45, 7) is 3.76. The SMILES string of the molecule is CCc1cc(N2CCCC(O)C2)ncn1. The summed E-state index contributed by atoms with van der Waals surface area (Å²) in [5, 5.41) is 9.58. The fourth-order valence-electron chi connectivity index (χ4n) is 1.91. The second kappa shape index (κ2) is 4.57. The van der Waals surface area contributed by atoms with E-state index in [-0.39, 0.29) is 6.10 Å². The molecule has 2 heterocycles. The molecule has 1 aliphatic rings. The van der Waals surface area contributed by atoms with Crippen molar-refractivity contribution in [2.45, 2.75) is 32.3 Å². The van der Waals surface area contributed by atoms with Gasteiger partial charge in [-0.2, -0.15) is 0 Å². The number of aromatic nitrogens is 2. The first kappa shape index (κ1) is 10.4. The lowest BCUT2D eigenvalue weighted by atomic mass is 10.1. The molecule has 1 atom stereocenters. The van der Waals surface area contributed by atoms with Crippen LogP contribution in [0.1, 0.15) is 25.5 Å². The lowest BCUT2D eigenvalue weighted by Gasteiger charge is -2.30. The summed E-state index contributed by atoms with van der Waals surface area (Å²) in [6, 6.07) is 2.01. The molecule has 1 unspecified atom stereocenters. The zero-order valence-electron chi connectivity index (χ0n) is 9.06. The van der Waals surface area contributed by atoms with Gasteiger partial charge in [-0.1, -0.05) is 6.92 Å². The third-order valence-electron chi connectivity index (χ3n) is 2.79. The molecule has 0 aliphatic carbocycles. The first-order chi connectivity index (χ1) is 7.29. The van der Waals surface area contributed by atoms with Crippen LogP contribution in [0.2, 0.25) is 0 Å². The number of aliphatic hydroxyl groups excluding tert-OH is 1.